The van der Waals surface area contributed by atoms with Crippen LogP contribution in [0.4, 0.5) is 4.39 Å². The molecule has 108 valence electrons. The predicted octanol–water partition coefficient (Wildman–Crippen LogP) is 3.65. The van der Waals surface area contributed by atoms with Crippen LogP contribution >= 0.6 is 0 Å². The Morgan fingerprint density at radius 2 is 2.10 bits per heavy atom. The van der Waals surface area contributed by atoms with Crippen LogP contribution in [0.3, 0.4) is 0 Å². The lowest BCUT2D eigenvalue weighted by molar-refractivity contribution is -0.137. The molecule has 1 atom stereocenters. The van der Waals surface area contributed by atoms with Crippen LogP contribution in [0.5, 0.6) is 0 Å². The molecule has 3 rings (SSSR count). The number of likely N-dealkylation sites (tertiary alicyclic amines) is 1. The maximum absolute atomic E-state index is 14.1. The number of nitrogens with zero attached hydrogens (tertiary/aromatic N) is 1. The van der Waals surface area contributed by atoms with Gasteiger partial charge in [-0.25, -0.2) is 4.39 Å². The molecular formula is C17H22FNO. The lowest BCUT2D eigenvalue weighted by Gasteiger charge is -2.38. The predicted molar refractivity (Wildman–Crippen MR) is 77.0 cm³/mol. The first kappa shape index (κ1) is 13.6. The molecule has 1 aliphatic heterocycles. The number of carbonyl (C=O) groups excluding carboxylic acids is 1. The van der Waals surface area contributed by atoms with Gasteiger partial charge >= 0.3 is 0 Å². The number of halogens is 1. The minimum Gasteiger partial charge on any atom is -0.339 e. The van der Waals surface area contributed by atoms with Crippen molar-refractivity contribution in [1.82, 2.24) is 4.90 Å². The third-order valence-electron chi connectivity index (χ3n) is 4.91. The summed E-state index contributed by atoms with van der Waals surface area (Å²) in [6.45, 7) is 2.98. The average molecular weight is 275 g/mol. The summed E-state index contributed by atoms with van der Waals surface area (Å²) in [7, 11) is 0. The number of hydrogen-bond donors (Lipinski definition) is 0. The standard InChI is InChI=1S/C17H22FNO/c1-2-13-7-5-6-12-19(13)16(20)17(10-11-17)14-8-3-4-9-15(14)18/h3-4,8-9,13H,2,5-7,10-12H2,1H3. The van der Waals surface area contributed by atoms with Gasteiger partial charge in [-0.1, -0.05) is 25.1 Å². The zero-order valence-electron chi connectivity index (χ0n) is 12.1. The van der Waals surface area contributed by atoms with Crippen molar-refractivity contribution < 1.29 is 9.18 Å². The van der Waals surface area contributed by atoms with Gasteiger partial charge < -0.3 is 4.90 Å². The molecule has 2 fully saturated rings. The number of benzene rings is 1. The molecule has 1 aromatic rings. The highest BCUT2D eigenvalue weighted by atomic mass is 19.1. The summed E-state index contributed by atoms with van der Waals surface area (Å²) in [5.41, 5.74) is 0.0428. The van der Waals surface area contributed by atoms with Crippen molar-refractivity contribution in [3.8, 4) is 0 Å². The topological polar surface area (TPSA) is 20.3 Å². The minimum absolute atomic E-state index is 0.161. The summed E-state index contributed by atoms with van der Waals surface area (Å²) in [6.07, 6.45) is 5.96. The highest BCUT2D eigenvalue weighted by Gasteiger charge is 2.55. The van der Waals surface area contributed by atoms with Crippen LogP contribution in [-0.2, 0) is 10.2 Å². The highest BCUT2D eigenvalue weighted by molar-refractivity contribution is 5.91. The number of hydrogen-bond acceptors (Lipinski definition) is 1. The Kier molecular flexibility index (Phi) is 3.53. The molecular weight excluding hydrogens is 253 g/mol. The first-order chi connectivity index (χ1) is 9.69. The van der Waals surface area contributed by atoms with Crippen molar-refractivity contribution in [3.63, 3.8) is 0 Å². The molecule has 1 saturated heterocycles. The highest BCUT2D eigenvalue weighted by Crippen LogP contribution is 2.51. The Labute approximate surface area is 120 Å². The summed E-state index contributed by atoms with van der Waals surface area (Å²) in [6, 6.07) is 7.12. The normalized spacial score (nSPS) is 24.5. The van der Waals surface area contributed by atoms with Crippen LogP contribution in [0.15, 0.2) is 24.3 Å². The van der Waals surface area contributed by atoms with Gasteiger partial charge in [0.15, 0.2) is 0 Å². The van der Waals surface area contributed by atoms with E-state index in [2.05, 4.69) is 6.92 Å². The van der Waals surface area contributed by atoms with E-state index < -0.39 is 5.41 Å². The Hall–Kier alpha value is -1.38. The smallest absolute Gasteiger partial charge is 0.233 e. The van der Waals surface area contributed by atoms with Crippen LogP contribution in [-0.4, -0.2) is 23.4 Å². The summed E-state index contributed by atoms with van der Waals surface area (Å²) in [5.74, 6) is -0.0717. The maximum atomic E-state index is 14.1. The van der Waals surface area contributed by atoms with Gasteiger partial charge in [0.2, 0.25) is 5.91 Å². The third kappa shape index (κ3) is 2.13. The molecule has 1 saturated carbocycles. The molecule has 2 aliphatic rings. The molecule has 0 N–H and O–H groups in total. The van der Waals surface area contributed by atoms with Crippen molar-refractivity contribution >= 4 is 5.91 Å². The van der Waals surface area contributed by atoms with E-state index in [0.29, 0.717) is 11.6 Å². The van der Waals surface area contributed by atoms with Gasteiger partial charge in [-0.3, -0.25) is 4.79 Å². The van der Waals surface area contributed by atoms with Crippen molar-refractivity contribution in [2.75, 3.05) is 6.54 Å². The zero-order valence-corrected chi connectivity index (χ0v) is 12.1. The second-order valence-electron chi connectivity index (χ2n) is 6.12. The molecule has 20 heavy (non-hydrogen) atoms. The fourth-order valence-corrected chi connectivity index (χ4v) is 3.54. The monoisotopic (exact) mass is 275 g/mol. The van der Waals surface area contributed by atoms with E-state index in [1.54, 1.807) is 12.1 Å². The van der Waals surface area contributed by atoms with E-state index >= 15 is 0 Å². The summed E-state index contributed by atoms with van der Waals surface area (Å²) in [5, 5.41) is 0. The van der Waals surface area contributed by atoms with Gasteiger partial charge in [0, 0.05) is 18.2 Å². The Balaban J connectivity index is 1.88. The van der Waals surface area contributed by atoms with Crippen molar-refractivity contribution in [2.24, 2.45) is 0 Å². The maximum Gasteiger partial charge on any atom is 0.233 e. The summed E-state index contributed by atoms with van der Waals surface area (Å²) in [4.78, 5) is 15.0. The first-order valence-electron chi connectivity index (χ1n) is 7.75. The molecule has 1 unspecified atom stereocenters. The molecule has 0 radical (unpaired) electrons. The largest absolute Gasteiger partial charge is 0.339 e. The SMILES string of the molecule is CCC1CCCCN1C(=O)C1(c2ccccc2F)CC1. The summed E-state index contributed by atoms with van der Waals surface area (Å²) >= 11 is 0. The average Bonchev–Trinajstić information content (AvgIpc) is 3.28. The van der Waals surface area contributed by atoms with E-state index in [0.717, 1.165) is 38.6 Å². The van der Waals surface area contributed by atoms with E-state index in [4.69, 9.17) is 0 Å². The Morgan fingerprint density at radius 1 is 1.35 bits per heavy atom. The minimum atomic E-state index is -0.559. The Morgan fingerprint density at radius 3 is 2.75 bits per heavy atom. The van der Waals surface area contributed by atoms with Crippen molar-refractivity contribution in [2.45, 2.75) is 56.9 Å². The third-order valence-corrected chi connectivity index (χ3v) is 4.91. The van der Waals surface area contributed by atoms with Gasteiger partial charge in [-0.05, 0) is 44.6 Å². The van der Waals surface area contributed by atoms with Crippen LogP contribution < -0.4 is 0 Å². The molecule has 1 aromatic carbocycles. The van der Waals surface area contributed by atoms with Crippen LogP contribution in [0.25, 0.3) is 0 Å². The Bertz CT molecular complexity index is 509. The molecule has 1 amide bonds. The van der Waals surface area contributed by atoms with E-state index in [9.17, 15) is 9.18 Å². The van der Waals surface area contributed by atoms with Gasteiger partial charge in [0.05, 0.1) is 5.41 Å². The number of rotatable bonds is 3. The molecule has 1 heterocycles. The van der Waals surface area contributed by atoms with Crippen LogP contribution in [0, 0.1) is 5.82 Å². The van der Waals surface area contributed by atoms with Gasteiger partial charge in [-0.2, -0.15) is 0 Å². The second kappa shape index (κ2) is 5.19. The number of amides is 1. The molecule has 0 spiro atoms. The molecule has 0 bridgehead atoms. The zero-order chi connectivity index (χ0) is 14.2. The fraction of sp³-hybridized carbons (Fsp3) is 0.588. The lowest BCUT2D eigenvalue weighted by atomic mass is 9.90. The van der Waals surface area contributed by atoms with Crippen molar-refractivity contribution in [1.29, 1.82) is 0 Å². The molecule has 3 heteroatoms. The van der Waals surface area contributed by atoms with Crippen LogP contribution in [0.1, 0.15) is 51.0 Å². The van der Waals surface area contributed by atoms with E-state index in [1.165, 1.54) is 12.5 Å². The number of piperidine rings is 1. The van der Waals surface area contributed by atoms with Crippen LogP contribution in [0.2, 0.25) is 0 Å². The van der Waals surface area contributed by atoms with E-state index in [1.807, 2.05) is 11.0 Å². The number of carbonyl (C=O) groups is 1. The van der Waals surface area contributed by atoms with E-state index in [-0.39, 0.29) is 11.7 Å². The van der Waals surface area contributed by atoms with Gasteiger partial charge in [0.25, 0.3) is 0 Å². The molecule has 1 aliphatic carbocycles. The quantitative estimate of drug-likeness (QED) is 0.824. The lowest BCUT2D eigenvalue weighted by Crippen LogP contribution is -2.48. The van der Waals surface area contributed by atoms with Gasteiger partial charge in [0.1, 0.15) is 5.82 Å². The molecule has 2 nitrogen and oxygen atoms in total. The summed E-state index contributed by atoms with van der Waals surface area (Å²) < 4.78 is 14.1. The second-order valence-corrected chi connectivity index (χ2v) is 6.12. The first-order valence-corrected chi connectivity index (χ1v) is 7.75. The molecule has 0 aromatic heterocycles. The van der Waals surface area contributed by atoms with Crippen molar-refractivity contribution in [3.05, 3.63) is 35.6 Å². The van der Waals surface area contributed by atoms with Gasteiger partial charge in [-0.15, -0.1) is 0 Å². The fourth-order valence-electron chi connectivity index (χ4n) is 3.54.